The van der Waals surface area contributed by atoms with Gasteiger partial charge in [0.15, 0.2) is 0 Å². The van der Waals surface area contributed by atoms with Gasteiger partial charge in [0.2, 0.25) is 5.95 Å². The van der Waals surface area contributed by atoms with Crippen molar-refractivity contribution in [3.63, 3.8) is 0 Å². The molecule has 0 spiro atoms. The number of H-pyrrole nitrogens is 1. The number of alkyl halides is 3. The molecule has 0 aliphatic heterocycles. The topological polar surface area (TPSA) is 103 Å². The maximum atomic E-state index is 12.8. The minimum absolute atomic E-state index is 0.0302. The van der Waals surface area contributed by atoms with Crippen LogP contribution in [0.4, 0.5) is 36.2 Å². The van der Waals surface area contributed by atoms with Gasteiger partial charge < -0.3 is 9.88 Å². The van der Waals surface area contributed by atoms with E-state index in [-0.39, 0.29) is 29.4 Å². The normalized spacial score (nSPS) is 12.9. The van der Waals surface area contributed by atoms with Crippen molar-refractivity contribution in [2.45, 2.75) is 45.3 Å². The van der Waals surface area contributed by atoms with Crippen LogP contribution in [0.2, 0.25) is 0 Å². The predicted octanol–water partition coefficient (Wildman–Crippen LogP) is 4.71. The lowest BCUT2D eigenvalue weighted by Crippen LogP contribution is -2.37. The molecule has 8 nitrogen and oxygen atoms in total. The molecule has 0 saturated carbocycles. The van der Waals surface area contributed by atoms with E-state index in [4.69, 9.17) is 0 Å². The van der Waals surface area contributed by atoms with Crippen LogP contribution in [0.15, 0.2) is 40.8 Å². The number of benzene rings is 1. The van der Waals surface area contributed by atoms with Crippen LogP contribution in [-0.2, 0) is 10.0 Å². The van der Waals surface area contributed by atoms with E-state index < -0.39 is 15.5 Å². The Labute approximate surface area is 160 Å². The zero-order valence-corrected chi connectivity index (χ0v) is 16.5. The first kappa shape index (κ1) is 21.7. The van der Waals surface area contributed by atoms with Gasteiger partial charge in [-0.2, -0.15) is 21.6 Å². The Morgan fingerprint density at radius 3 is 2.29 bits per heavy atom. The average Bonchev–Trinajstić information content (AvgIpc) is 3.05. The van der Waals surface area contributed by atoms with Crippen LogP contribution in [0.1, 0.15) is 27.7 Å². The van der Waals surface area contributed by atoms with Crippen LogP contribution in [0, 0.1) is 0 Å². The van der Waals surface area contributed by atoms with Gasteiger partial charge in [-0.3, -0.25) is 4.72 Å². The second kappa shape index (κ2) is 8.17. The molecule has 1 heterocycles. The molecule has 0 atom stereocenters. The lowest BCUT2D eigenvalue weighted by molar-refractivity contribution is -0.0429. The van der Waals surface area contributed by atoms with Gasteiger partial charge in [-0.1, -0.05) is 0 Å². The molecular weight excluding hydrogens is 397 g/mol. The van der Waals surface area contributed by atoms with E-state index in [0.717, 1.165) is 0 Å². The highest BCUT2D eigenvalue weighted by Crippen LogP contribution is 2.35. The van der Waals surface area contributed by atoms with Gasteiger partial charge in [-0.15, -0.1) is 10.2 Å². The van der Waals surface area contributed by atoms with Crippen molar-refractivity contribution in [1.29, 1.82) is 0 Å². The van der Waals surface area contributed by atoms with Crippen LogP contribution in [0.3, 0.4) is 0 Å². The molecule has 2 rings (SSSR count). The van der Waals surface area contributed by atoms with Crippen LogP contribution in [0.25, 0.3) is 0 Å². The smallest absolute Gasteiger partial charge is 0.367 e. The fourth-order valence-electron chi connectivity index (χ4n) is 2.66. The number of aromatic nitrogens is 2. The third kappa shape index (κ3) is 5.00. The Morgan fingerprint density at radius 2 is 1.79 bits per heavy atom. The largest absolute Gasteiger partial charge is 0.516 e. The number of azo groups is 1. The number of sulfonamides is 1. The number of nitrogens with zero attached hydrogens (tertiary/aromatic N) is 4. The minimum atomic E-state index is -5.62. The number of anilines is 2. The molecule has 0 aliphatic rings. The van der Waals surface area contributed by atoms with Crippen LogP contribution in [0.5, 0.6) is 0 Å². The Morgan fingerprint density at radius 1 is 1.14 bits per heavy atom. The van der Waals surface area contributed by atoms with Crippen molar-refractivity contribution in [3.05, 3.63) is 30.6 Å². The maximum absolute atomic E-state index is 12.8. The Kier molecular flexibility index (Phi) is 6.32. The monoisotopic (exact) mass is 418 g/mol. The summed E-state index contributed by atoms with van der Waals surface area (Å²) in [6.07, 6.45) is 2.92. The number of rotatable bonds is 7. The zero-order chi connectivity index (χ0) is 21.1. The summed E-state index contributed by atoms with van der Waals surface area (Å²) in [5.74, 6) is 0.125. The summed E-state index contributed by atoms with van der Waals surface area (Å²) in [7, 11) is -5.62. The van der Waals surface area contributed by atoms with Gasteiger partial charge in [0.1, 0.15) is 5.69 Å². The fourth-order valence-corrected chi connectivity index (χ4v) is 3.23. The molecule has 28 heavy (non-hydrogen) atoms. The summed E-state index contributed by atoms with van der Waals surface area (Å²) >= 11 is 0. The number of hydrogen-bond acceptors (Lipinski definition) is 6. The molecule has 0 aliphatic carbocycles. The Balaban J connectivity index is 2.53. The van der Waals surface area contributed by atoms with E-state index >= 15 is 0 Å². The van der Waals surface area contributed by atoms with Crippen LogP contribution >= 0.6 is 0 Å². The highest BCUT2D eigenvalue weighted by molar-refractivity contribution is 7.93. The van der Waals surface area contributed by atoms with E-state index in [2.05, 4.69) is 20.2 Å². The van der Waals surface area contributed by atoms with Crippen LogP contribution < -0.4 is 9.62 Å². The van der Waals surface area contributed by atoms with Gasteiger partial charge in [0.05, 0.1) is 5.69 Å². The maximum Gasteiger partial charge on any atom is 0.516 e. The fraction of sp³-hybridized carbons (Fsp3) is 0.438. The second-order valence-corrected chi connectivity index (χ2v) is 8.13. The third-order valence-corrected chi connectivity index (χ3v) is 4.77. The summed E-state index contributed by atoms with van der Waals surface area (Å²) in [5.41, 5.74) is -5.34. The summed E-state index contributed by atoms with van der Waals surface area (Å²) in [4.78, 5) is 8.41. The first-order valence-corrected chi connectivity index (χ1v) is 9.83. The van der Waals surface area contributed by atoms with E-state index in [0.29, 0.717) is 5.69 Å². The number of imidazole rings is 1. The van der Waals surface area contributed by atoms with E-state index in [1.165, 1.54) is 24.5 Å². The molecule has 12 heteroatoms. The molecule has 1 aromatic heterocycles. The first-order chi connectivity index (χ1) is 12.9. The van der Waals surface area contributed by atoms with Crippen molar-refractivity contribution in [2.75, 3.05) is 9.62 Å². The molecule has 154 valence electrons. The summed E-state index contributed by atoms with van der Waals surface area (Å²) < 4.78 is 63.3. The number of aromatic amines is 1. The summed E-state index contributed by atoms with van der Waals surface area (Å²) in [5, 5.41) is 7.59. The predicted molar refractivity (Wildman–Crippen MR) is 101 cm³/mol. The molecule has 2 N–H and O–H groups in total. The highest BCUT2D eigenvalue weighted by Gasteiger charge is 2.46. The summed E-state index contributed by atoms with van der Waals surface area (Å²) in [6.45, 7) is 7.68. The molecule has 1 aromatic carbocycles. The standard InChI is InChI=1S/C16H21F3N6O2S/c1-10(2)25(11(3)4)12-5-6-13(22-23-15-20-7-8-21-15)14(9-12)24-28(26,27)16(17,18)19/h5-11,24H,1-4H3,(H,20,21). The molecule has 2 aromatic rings. The SMILES string of the molecule is CC(C)N(c1ccc(N=Nc2ncc[nH]2)c(NS(=O)(=O)C(F)(F)F)c1)C(C)C. The van der Waals surface area contributed by atoms with Gasteiger partial charge in [0, 0.05) is 30.2 Å². The van der Waals surface area contributed by atoms with Crippen molar-refractivity contribution in [1.82, 2.24) is 9.97 Å². The minimum Gasteiger partial charge on any atom is -0.367 e. The van der Waals surface area contributed by atoms with Crippen molar-refractivity contribution in [2.24, 2.45) is 10.2 Å². The lowest BCUT2D eigenvalue weighted by Gasteiger charge is -2.33. The van der Waals surface area contributed by atoms with Gasteiger partial charge in [-0.25, -0.2) is 4.98 Å². The first-order valence-electron chi connectivity index (χ1n) is 8.35. The van der Waals surface area contributed by atoms with Crippen molar-refractivity contribution < 1.29 is 21.6 Å². The van der Waals surface area contributed by atoms with E-state index in [1.54, 1.807) is 10.8 Å². The van der Waals surface area contributed by atoms with Crippen molar-refractivity contribution in [3.8, 4) is 0 Å². The molecule has 0 unspecified atom stereocenters. The molecule has 0 amide bonds. The number of nitrogens with one attached hydrogen (secondary N) is 2. The molecule has 0 radical (unpaired) electrons. The molecule has 0 fully saturated rings. The lowest BCUT2D eigenvalue weighted by atomic mass is 10.1. The Bertz CT molecular complexity index is 916. The molecular formula is C16H21F3N6O2S. The third-order valence-electron chi connectivity index (χ3n) is 3.68. The van der Waals surface area contributed by atoms with Crippen molar-refractivity contribution >= 4 is 33.0 Å². The summed E-state index contributed by atoms with van der Waals surface area (Å²) in [6, 6.07) is 4.40. The zero-order valence-electron chi connectivity index (χ0n) is 15.7. The Hall–Kier alpha value is -2.63. The second-order valence-electron chi connectivity index (χ2n) is 6.46. The average molecular weight is 418 g/mol. The number of halogens is 3. The highest BCUT2D eigenvalue weighted by atomic mass is 32.2. The van der Waals surface area contributed by atoms with Crippen LogP contribution in [-0.4, -0.2) is 36.0 Å². The number of hydrogen-bond donors (Lipinski definition) is 2. The molecule has 0 bridgehead atoms. The van der Waals surface area contributed by atoms with E-state index in [1.807, 2.05) is 32.6 Å². The quantitative estimate of drug-likeness (QED) is 0.636. The molecule has 0 saturated heterocycles. The van der Waals surface area contributed by atoms with E-state index in [9.17, 15) is 21.6 Å². The van der Waals surface area contributed by atoms with Gasteiger partial charge in [-0.05, 0) is 45.9 Å². The van der Waals surface area contributed by atoms with Gasteiger partial charge in [0.25, 0.3) is 0 Å². The van der Waals surface area contributed by atoms with Gasteiger partial charge >= 0.3 is 15.5 Å².